The van der Waals surface area contributed by atoms with E-state index in [0.29, 0.717) is 25.5 Å². The van der Waals surface area contributed by atoms with Crippen LogP contribution >= 0.6 is 12.4 Å². The number of ether oxygens (including phenoxy) is 1. The van der Waals surface area contributed by atoms with Crippen LogP contribution in [0.25, 0.3) is 0 Å². The summed E-state index contributed by atoms with van der Waals surface area (Å²) in [6.07, 6.45) is 0.411. The Morgan fingerprint density at radius 1 is 1.20 bits per heavy atom. The highest BCUT2D eigenvalue weighted by Crippen LogP contribution is 2.13. The molecule has 0 bridgehead atoms. The van der Waals surface area contributed by atoms with Crippen LogP contribution < -0.4 is 15.4 Å². The lowest BCUT2D eigenvalue weighted by atomic mass is 10.1. The second kappa shape index (κ2) is 10.5. The molecule has 1 aromatic rings. The lowest BCUT2D eigenvalue weighted by Crippen LogP contribution is -2.31. The van der Waals surface area contributed by atoms with Crippen molar-refractivity contribution < 1.29 is 9.53 Å². The molecule has 0 spiro atoms. The van der Waals surface area contributed by atoms with Gasteiger partial charge >= 0.3 is 0 Å². The first-order valence-electron chi connectivity index (χ1n) is 6.75. The van der Waals surface area contributed by atoms with Crippen molar-refractivity contribution in [2.24, 2.45) is 5.92 Å². The summed E-state index contributed by atoms with van der Waals surface area (Å²) in [5.74, 6) is 1.41. The molecule has 1 aromatic carbocycles. The van der Waals surface area contributed by atoms with Gasteiger partial charge in [0.2, 0.25) is 5.91 Å². The summed E-state index contributed by atoms with van der Waals surface area (Å²) in [7, 11) is 1.86. The normalized spacial score (nSPS) is 10.0. The molecule has 0 fully saturated rings. The van der Waals surface area contributed by atoms with Gasteiger partial charge in [-0.25, -0.2) is 0 Å². The quantitative estimate of drug-likeness (QED) is 0.722. The van der Waals surface area contributed by atoms with Crippen LogP contribution in [-0.2, 0) is 11.2 Å². The molecule has 4 nitrogen and oxygen atoms in total. The van der Waals surface area contributed by atoms with E-state index in [-0.39, 0.29) is 18.3 Å². The van der Waals surface area contributed by atoms with Crippen LogP contribution in [-0.4, -0.2) is 32.7 Å². The molecule has 0 aliphatic rings. The highest BCUT2D eigenvalue weighted by molar-refractivity contribution is 5.85. The van der Waals surface area contributed by atoms with Gasteiger partial charge in [-0.05, 0) is 30.7 Å². The number of benzene rings is 1. The zero-order valence-corrected chi connectivity index (χ0v) is 13.3. The van der Waals surface area contributed by atoms with Gasteiger partial charge in [0, 0.05) is 13.1 Å². The highest BCUT2D eigenvalue weighted by Gasteiger charge is 2.03. The van der Waals surface area contributed by atoms with Crippen LogP contribution in [0.15, 0.2) is 24.3 Å². The van der Waals surface area contributed by atoms with E-state index in [9.17, 15) is 4.79 Å². The van der Waals surface area contributed by atoms with Crippen LogP contribution in [0.1, 0.15) is 19.4 Å². The summed E-state index contributed by atoms with van der Waals surface area (Å²) in [6, 6.07) is 7.71. The van der Waals surface area contributed by atoms with Crippen molar-refractivity contribution in [1.29, 1.82) is 0 Å². The average molecular weight is 301 g/mol. The molecule has 0 radical (unpaired) electrons. The smallest absolute Gasteiger partial charge is 0.224 e. The van der Waals surface area contributed by atoms with E-state index in [1.807, 2.05) is 31.3 Å². The summed E-state index contributed by atoms with van der Waals surface area (Å²) < 4.78 is 5.60. The molecule has 0 atom stereocenters. The average Bonchev–Trinajstić information content (AvgIpc) is 2.38. The number of likely N-dealkylation sites (N-methyl/N-ethyl adjacent to an activating group) is 1. The molecule has 0 saturated carbocycles. The standard InChI is InChI=1S/C15H24N2O2.ClH/c1-12(2)11-19-14-6-4-13(5-7-14)10-15(18)17-9-8-16-3;/h4-7,12,16H,8-11H2,1-3H3,(H,17,18);1H. The van der Waals surface area contributed by atoms with E-state index in [2.05, 4.69) is 24.5 Å². The van der Waals surface area contributed by atoms with E-state index in [4.69, 9.17) is 4.74 Å². The maximum absolute atomic E-state index is 11.6. The van der Waals surface area contributed by atoms with Crippen molar-refractivity contribution in [3.63, 3.8) is 0 Å². The van der Waals surface area contributed by atoms with Crippen LogP contribution in [0.4, 0.5) is 0 Å². The number of hydrogen-bond donors (Lipinski definition) is 2. The van der Waals surface area contributed by atoms with Gasteiger partial charge in [-0.1, -0.05) is 26.0 Å². The van der Waals surface area contributed by atoms with Crippen molar-refractivity contribution in [2.45, 2.75) is 20.3 Å². The summed E-state index contributed by atoms with van der Waals surface area (Å²) in [5.41, 5.74) is 0.999. The molecule has 2 N–H and O–H groups in total. The predicted molar refractivity (Wildman–Crippen MR) is 84.7 cm³/mol. The van der Waals surface area contributed by atoms with Gasteiger partial charge in [0.05, 0.1) is 13.0 Å². The molecule has 1 amide bonds. The monoisotopic (exact) mass is 300 g/mol. The molecule has 20 heavy (non-hydrogen) atoms. The predicted octanol–water partition coefficient (Wildman–Crippen LogP) is 2.02. The Bertz CT molecular complexity index is 380. The number of rotatable bonds is 8. The van der Waals surface area contributed by atoms with Crippen LogP contribution in [0.3, 0.4) is 0 Å². The molecule has 114 valence electrons. The summed E-state index contributed by atoms with van der Waals surface area (Å²) in [6.45, 7) is 6.39. The highest BCUT2D eigenvalue weighted by atomic mass is 35.5. The Kier molecular flexibility index (Phi) is 9.86. The maximum atomic E-state index is 11.6. The molecule has 0 unspecified atom stereocenters. The van der Waals surface area contributed by atoms with Gasteiger partial charge in [0.15, 0.2) is 0 Å². The lowest BCUT2D eigenvalue weighted by molar-refractivity contribution is -0.120. The first kappa shape index (κ1) is 18.7. The van der Waals surface area contributed by atoms with Crippen molar-refractivity contribution in [3.05, 3.63) is 29.8 Å². The van der Waals surface area contributed by atoms with E-state index in [1.165, 1.54) is 0 Å². The SMILES string of the molecule is CNCCNC(=O)Cc1ccc(OCC(C)C)cc1.Cl. The molecular formula is C15H25ClN2O2. The summed E-state index contributed by atoms with van der Waals surface area (Å²) >= 11 is 0. The minimum atomic E-state index is 0. The number of carbonyl (C=O) groups is 1. The van der Waals surface area contributed by atoms with Gasteiger partial charge in [-0.3, -0.25) is 4.79 Å². The zero-order valence-electron chi connectivity index (χ0n) is 12.4. The Labute approximate surface area is 127 Å². The molecular weight excluding hydrogens is 276 g/mol. The minimum absolute atomic E-state index is 0. The summed E-state index contributed by atoms with van der Waals surface area (Å²) in [5, 5.41) is 5.84. The van der Waals surface area contributed by atoms with Crippen molar-refractivity contribution in [3.8, 4) is 5.75 Å². The number of nitrogens with one attached hydrogen (secondary N) is 2. The van der Waals surface area contributed by atoms with Gasteiger partial charge in [-0.2, -0.15) is 0 Å². The van der Waals surface area contributed by atoms with Crippen LogP contribution in [0.5, 0.6) is 5.75 Å². The fourth-order valence-corrected chi connectivity index (χ4v) is 1.54. The van der Waals surface area contributed by atoms with Crippen molar-refractivity contribution in [2.75, 3.05) is 26.7 Å². The number of carbonyl (C=O) groups excluding carboxylic acids is 1. The first-order chi connectivity index (χ1) is 9.11. The second-order valence-electron chi connectivity index (χ2n) is 4.98. The van der Waals surface area contributed by atoms with Crippen LogP contribution in [0.2, 0.25) is 0 Å². The minimum Gasteiger partial charge on any atom is -0.493 e. The Morgan fingerprint density at radius 2 is 1.85 bits per heavy atom. The second-order valence-corrected chi connectivity index (χ2v) is 4.98. The summed E-state index contributed by atoms with van der Waals surface area (Å²) in [4.78, 5) is 11.6. The van der Waals surface area contributed by atoms with Crippen molar-refractivity contribution >= 4 is 18.3 Å². The van der Waals surface area contributed by atoms with E-state index in [1.54, 1.807) is 0 Å². The largest absolute Gasteiger partial charge is 0.493 e. The molecule has 5 heteroatoms. The number of halogens is 1. The fourth-order valence-electron chi connectivity index (χ4n) is 1.54. The van der Waals surface area contributed by atoms with E-state index in [0.717, 1.165) is 17.9 Å². The fraction of sp³-hybridized carbons (Fsp3) is 0.533. The maximum Gasteiger partial charge on any atom is 0.224 e. The molecule has 0 saturated heterocycles. The molecule has 0 heterocycles. The third-order valence-corrected chi connectivity index (χ3v) is 2.57. The van der Waals surface area contributed by atoms with Gasteiger partial charge in [-0.15, -0.1) is 12.4 Å². The first-order valence-corrected chi connectivity index (χ1v) is 6.75. The van der Waals surface area contributed by atoms with E-state index < -0.39 is 0 Å². The molecule has 0 aliphatic carbocycles. The number of amides is 1. The molecule has 0 aliphatic heterocycles. The molecule has 1 rings (SSSR count). The Balaban J connectivity index is 0.00000361. The van der Waals surface area contributed by atoms with Crippen LogP contribution in [0, 0.1) is 5.92 Å². The lowest BCUT2D eigenvalue weighted by Gasteiger charge is -2.09. The van der Waals surface area contributed by atoms with E-state index >= 15 is 0 Å². The zero-order chi connectivity index (χ0) is 14.1. The van der Waals surface area contributed by atoms with Crippen molar-refractivity contribution in [1.82, 2.24) is 10.6 Å². The third kappa shape index (κ3) is 8.02. The third-order valence-electron chi connectivity index (χ3n) is 2.57. The van der Waals surface area contributed by atoms with Gasteiger partial charge < -0.3 is 15.4 Å². The van der Waals surface area contributed by atoms with Gasteiger partial charge in [0.1, 0.15) is 5.75 Å². The molecule has 0 aromatic heterocycles. The van der Waals surface area contributed by atoms with Gasteiger partial charge in [0.25, 0.3) is 0 Å². The topological polar surface area (TPSA) is 50.4 Å². The number of hydrogen-bond acceptors (Lipinski definition) is 3. The Morgan fingerprint density at radius 3 is 2.40 bits per heavy atom. The Hall–Kier alpha value is -1.26.